The molecule has 1 heterocycles. The van der Waals surface area contributed by atoms with Gasteiger partial charge in [-0.15, -0.1) is 0 Å². The average Bonchev–Trinajstić information content (AvgIpc) is 2.76. The molecule has 0 aliphatic carbocycles. The van der Waals surface area contributed by atoms with Crippen molar-refractivity contribution in [2.75, 3.05) is 24.8 Å². The lowest BCUT2D eigenvalue weighted by molar-refractivity contribution is 0.0758. The third kappa shape index (κ3) is 3.01. The number of thioether (sulfide) groups is 1. The molecule has 0 fully saturated rings. The number of carbonyl (C=O) groups is 1. The number of nitrogens with zero attached hydrogens (tertiary/aromatic N) is 2. The zero-order valence-corrected chi connectivity index (χ0v) is 12.8. The summed E-state index contributed by atoms with van der Waals surface area (Å²) in [6.45, 7) is 2.05. The lowest BCUT2D eigenvalue weighted by Crippen LogP contribution is -2.36. The lowest BCUT2D eigenvalue weighted by Gasteiger charge is -2.24. The first kappa shape index (κ1) is 14.1. The van der Waals surface area contributed by atoms with E-state index in [-0.39, 0.29) is 11.9 Å². The number of fused-ring (bicyclic) bond motifs is 1. The smallest absolute Gasteiger partial charge is 0.253 e. The quantitative estimate of drug-likeness (QED) is 0.942. The van der Waals surface area contributed by atoms with Gasteiger partial charge in [0.2, 0.25) is 0 Å². The van der Waals surface area contributed by atoms with Gasteiger partial charge in [-0.3, -0.25) is 4.79 Å². The minimum atomic E-state index is 0.0374. The highest BCUT2D eigenvalue weighted by atomic mass is 32.2. The Morgan fingerprint density at radius 3 is 3.00 bits per heavy atom. The molecule has 1 atom stereocenters. The number of aromatic nitrogens is 1. The highest BCUT2D eigenvalue weighted by Crippen LogP contribution is 2.25. The number of rotatable bonds is 4. The van der Waals surface area contributed by atoms with E-state index in [0.29, 0.717) is 10.7 Å². The van der Waals surface area contributed by atoms with Gasteiger partial charge in [-0.05, 0) is 31.4 Å². The summed E-state index contributed by atoms with van der Waals surface area (Å²) >= 11 is 3.14. The van der Waals surface area contributed by atoms with Gasteiger partial charge in [0, 0.05) is 24.4 Å². The average molecular weight is 295 g/mol. The van der Waals surface area contributed by atoms with Crippen molar-refractivity contribution >= 4 is 44.4 Å². The summed E-state index contributed by atoms with van der Waals surface area (Å²) in [5.74, 6) is 0.966. The van der Waals surface area contributed by atoms with Crippen molar-refractivity contribution in [3.8, 4) is 0 Å². The largest absolute Gasteiger partial charge is 0.375 e. The normalized spacial score (nSPS) is 12.6. The third-order valence-corrected chi connectivity index (χ3v) is 4.70. The number of hydrogen-bond donors (Lipinski definition) is 1. The van der Waals surface area contributed by atoms with Crippen LogP contribution in [0.25, 0.3) is 10.2 Å². The number of nitrogen functional groups attached to an aromatic ring is 1. The first-order valence-corrected chi connectivity index (χ1v) is 8.16. The third-order valence-electron chi connectivity index (χ3n) is 3.04. The van der Waals surface area contributed by atoms with Crippen molar-refractivity contribution in [3.05, 3.63) is 23.8 Å². The highest BCUT2D eigenvalue weighted by Gasteiger charge is 2.17. The molecule has 6 heteroatoms. The molecule has 0 aliphatic heterocycles. The summed E-state index contributed by atoms with van der Waals surface area (Å²) in [5.41, 5.74) is 7.21. The van der Waals surface area contributed by atoms with E-state index in [9.17, 15) is 4.79 Å². The Hall–Kier alpha value is -1.27. The van der Waals surface area contributed by atoms with E-state index in [1.807, 2.05) is 31.5 Å². The molecule has 0 radical (unpaired) electrons. The van der Waals surface area contributed by atoms with E-state index >= 15 is 0 Å². The molecule has 0 bridgehead atoms. The zero-order valence-electron chi connectivity index (χ0n) is 11.2. The van der Waals surface area contributed by atoms with Gasteiger partial charge in [0.15, 0.2) is 5.13 Å². The molecule has 0 spiro atoms. The van der Waals surface area contributed by atoms with E-state index in [0.717, 1.165) is 16.0 Å². The monoisotopic (exact) mass is 295 g/mol. The van der Waals surface area contributed by atoms with Crippen LogP contribution in [0.5, 0.6) is 0 Å². The molecule has 1 aromatic carbocycles. The van der Waals surface area contributed by atoms with Crippen molar-refractivity contribution in [1.29, 1.82) is 0 Å². The van der Waals surface area contributed by atoms with E-state index in [2.05, 4.69) is 11.9 Å². The van der Waals surface area contributed by atoms with Crippen LogP contribution >= 0.6 is 23.1 Å². The predicted octanol–water partition coefficient (Wildman–Crippen LogP) is 2.70. The van der Waals surface area contributed by atoms with Crippen LogP contribution < -0.4 is 5.73 Å². The summed E-state index contributed by atoms with van der Waals surface area (Å²) in [7, 11) is 1.84. The molecule has 19 heavy (non-hydrogen) atoms. The van der Waals surface area contributed by atoms with Crippen molar-refractivity contribution < 1.29 is 4.79 Å². The lowest BCUT2D eigenvalue weighted by atomic mass is 10.1. The van der Waals surface area contributed by atoms with Crippen LogP contribution in [-0.4, -0.2) is 40.9 Å². The van der Waals surface area contributed by atoms with Crippen molar-refractivity contribution in [3.63, 3.8) is 0 Å². The van der Waals surface area contributed by atoms with Crippen LogP contribution in [-0.2, 0) is 0 Å². The van der Waals surface area contributed by atoms with Gasteiger partial charge >= 0.3 is 0 Å². The molecule has 2 N–H and O–H groups in total. The maximum atomic E-state index is 12.4. The summed E-state index contributed by atoms with van der Waals surface area (Å²) in [6, 6.07) is 5.74. The minimum Gasteiger partial charge on any atom is -0.375 e. The van der Waals surface area contributed by atoms with Gasteiger partial charge in [0.05, 0.1) is 10.2 Å². The Balaban J connectivity index is 2.25. The van der Waals surface area contributed by atoms with E-state index in [4.69, 9.17) is 5.73 Å². The van der Waals surface area contributed by atoms with Gasteiger partial charge < -0.3 is 10.6 Å². The van der Waals surface area contributed by atoms with E-state index in [1.54, 1.807) is 16.7 Å². The number of thiazole rings is 1. The highest BCUT2D eigenvalue weighted by molar-refractivity contribution is 7.98. The molecule has 0 aliphatic rings. The molecule has 1 amide bonds. The Morgan fingerprint density at radius 2 is 2.32 bits per heavy atom. The van der Waals surface area contributed by atoms with Gasteiger partial charge in [-0.1, -0.05) is 11.3 Å². The molecular formula is C13H17N3OS2. The Bertz CT molecular complexity index is 597. The summed E-state index contributed by atoms with van der Waals surface area (Å²) in [5, 5.41) is 0.531. The van der Waals surface area contributed by atoms with Crippen molar-refractivity contribution in [2.24, 2.45) is 0 Å². The Morgan fingerprint density at radius 1 is 1.58 bits per heavy atom. The molecule has 2 rings (SSSR count). The number of hydrogen-bond acceptors (Lipinski definition) is 5. The standard InChI is InChI=1S/C13H17N3OS2/c1-8(7-18-3)16(2)12(17)9-4-5-10-11(6-9)19-13(14)15-10/h4-6,8H,7H2,1-3H3,(H2,14,15). The van der Waals surface area contributed by atoms with Crippen LogP contribution in [0, 0.1) is 0 Å². The van der Waals surface area contributed by atoms with Gasteiger partial charge in [-0.2, -0.15) is 11.8 Å². The molecule has 0 saturated carbocycles. The van der Waals surface area contributed by atoms with Gasteiger partial charge in [0.25, 0.3) is 5.91 Å². The summed E-state index contributed by atoms with van der Waals surface area (Å²) in [6.07, 6.45) is 2.04. The molecule has 4 nitrogen and oxygen atoms in total. The second-order valence-electron chi connectivity index (χ2n) is 4.46. The number of nitrogens with two attached hydrogens (primary N) is 1. The van der Waals surface area contributed by atoms with Crippen LogP contribution in [0.15, 0.2) is 18.2 Å². The number of carbonyl (C=O) groups excluding carboxylic acids is 1. The topological polar surface area (TPSA) is 59.2 Å². The molecule has 102 valence electrons. The fraction of sp³-hybridized carbons (Fsp3) is 0.385. The van der Waals surface area contributed by atoms with Crippen LogP contribution in [0.3, 0.4) is 0 Å². The maximum absolute atomic E-state index is 12.4. The SMILES string of the molecule is CSCC(C)N(C)C(=O)c1ccc2nc(N)sc2c1. The number of anilines is 1. The molecule has 2 aromatic rings. The Kier molecular flexibility index (Phi) is 4.31. The number of benzene rings is 1. The fourth-order valence-electron chi connectivity index (χ4n) is 1.83. The summed E-state index contributed by atoms with van der Waals surface area (Å²) in [4.78, 5) is 18.4. The molecule has 1 unspecified atom stereocenters. The first-order chi connectivity index (χ1) is 9.02. The minimum absolute atomic E-state index is 0.0374. The van der Waals surface area contributed by atoms with Gasteiger partial charge in [0.1, 0.15) is 0 Å². The Labute approximate surface area is 121 Å². The van der Waals surface area contributed by atoms with Crippen LogP contribution in [0.1, 0.15) is 17.3 Å². The van der Waals surface area contributed by atoms with Crippen LogP contribution in [0.4, 0.5) is 5.13 Å². The van der Waals surface area contributed by atoms with Crippen molar-refractivity contribution in [2.45, 2.75) is 13.0 Å². The maximum Gasteiger partial charge on any atom is 0.253 e. The number of amides is 1. The summed E-state index contributed by atoms with van der Waals surface area (Å²) < 4.78 is 0.953. The van der Waals surface area contributed by atoms with Crippen molar-refractivity contribution in [1.82, 2.24) is 9.88 Å². The molecule has 0 saturated heterocycles. The first-order valence-electron chi connectivity index (χ1n) is 5.95. The predicted molar refractivity (Wildman–Crippen MR) is 84.0 cm³/mol. The van der Waals surface area contributed by atoms with E-state index < -0.39 is 0 Å². The van der Waals surface area contributed by atoms with Gasteiger partial charge in [-0.25, -0.2) is 4.98 Å². The second kappa shape index (κ2) is 5.79. The van der Waals surface area contributed by atoms with Crippen LogP contribution in [0.2, 0.25) is 0 Å². The van der Waals surface area contributed by atoms with E-state index in [1.165, 1.54) is 11.3 Å². The second-order valence-corrected chi connectivity index (χ2v) is 6.43. The fourth-order valence-corrected chi connectivity index (χ4v) is 3.31. The molecular weight excluding hydrogens is 278 g/mol. The molecule has 1 aromatic heterocycles. The zero-order chi connectivity index (χ0) is 14.0.